The molecule has 7 heteroatoms. The topological polar surface area (TPSA) is 62.2 Å². The summed E-state index contributed by atoms with van der Waals surface area (Å²) in [6, 6.07) is 9.96. The lowest BCUT2D eigenvalue weighted by Gasteiger charge is -2.60. The monoisotopic (exact) mass is 548 g/mol. The van der Waals surface area contributed by atoms with E-state index in [1.54, 1.807) is 13.2 Å². The van der Waals surface area contributed by atoms with Crippen LogP contribution in [0.15, 0.2) is 30.3 Å². The van der Waals surface area contributed by atoms with Crippen molar-refractivity contribution >= 4 is 18.3 Å². The number of amides is 1. The lowest BCUT2D eigenvalue weighted by molar-refractivity contribution is -0.134. The lowest BCUT2D eigenvalue weighted by atomic mass is 9.50. The first-order chi connectivity index (χ1) is 18.4. The third kappa shape index (κ3) is 4.00. The quantitative estimate of drug-likeness (QED) is 0.572. The summed E-state index contributed by atoms with van der Waals surface area (Å²) in [7, 11) is 3.51. The number of aromatic hydroxyl groups is 1. The molecule has 3 aliphatic carbocycles. The second kappa shape index (κ2) is 9.64. The molecule has 1 amide bonds. The fraction of sp³-hybridized carbons (Fsp3) is 0.531. The van der Waals surface area contributed by atoms with Gasteiger partial charge in [0.15, 0.2) is 11.5 Å². The first-order valence-corrected chi connectivity index (χ1v) is 14.1. The van der Waals surface area contributed by atoms with Crippen LogP contribution in [0.4, 0.5) is 0 Å². The Balaban J connectivity index is 0.00000277. The Morgan fingerprint density at radius 1 is 1.26 bits per heavy atom. The van der Waals surface area contributed by atoms with E-state index >= 15 is 0 Å². The number of aryl methyl sites for hydroxylation is 1. The fourth-order valence-corrected chi connectivity index (χ4v) is 8.15. The number of halogens is 1. The van der Waals surface area contributed by atoms with Crippen molar-refractivity contribution < 1.29 is 19.4 Å². The number of phenols is 1. The molecule has 206 valence electrons. The van der Waals surface area contributed by atoms with Crippen LogP contribution in [0, 0.1) is 30.6 Å². The van der Waals surface area contributed by atoms with Gasteiger partial charge in [-0.05, 0) is 81.5 Å². The highest BCUT2D eigenvalue weighted by Crippen LogP contribution is 2.65. The summed E-state index contributed by atoms with van der Waals surface area (Å²) in [5.74, 6) is 8.73. The number of hydrogen-bond acceptors (Lipinski definition) is 5. The van der Waals surface area contributed by atoms with Crippen LogP contribution in [0.1, 0.15) is 54.4 Å². The zero-order valence-corrected chi connectivity index (χ0v) is 23.7. The number of likely N-dealkylation sites (N-methyl/N-ethyl adjacent to an activating group) is 1. The number of hydrogen-bond donors (Lipinski definition) is 1. The maximum absolute atomic E-state index is 13.4. The third-order valence-corrected chi connectivity index (χ3v) is 10.1. The molecule has 0 unspecified atom stereocenters. The van der Waals surface area contributed by atoms with E-state index in [1.807, 2.05) is 43.1 Å². The van der Waals surface area contributed by atoms with Crippen LogP contribution in [-0.4, -0.2) is 66.2 Å². The predicted octanol–water partition coefficient (Wildman–Crippen LogP) is 4.46. The van der Waals surface area contributed by atoms with E-state index in [4.69, 9.17) is 9.47 Å². The highest BCUT2D eigenvalue weighted by Gasteiger charge is 2.67. The Morgan fingerprint density at radius 2 is 2.08 bits per heavy atom. The molecular weight excluding hydrogens is 512 g/mol. The van der Waals surface area contributed by atoms with E-state index in [9.17, 15) is 9.90 Å². The number of phenolic OH excluding ortho intramolecular Hbond substituents is 1. The standard InChI is InChI=1S/C32H36N2O4.ClH/c1-19-5-4-6-20(15-19)9-12-28(36)33(2)24-11-10-23-25-16-22-26(35)17-27(37-3)30-29(22)32(23,31(24)38-30)13-14-34(25)18-21-7-8-21;/h4-6,15,17,21,23-25,31,35H,7-8,10-11,13-14,16,18H2,1-3H3;1H/t23-,24+,25+,31-,32-;/m0./s1. The summed E-state index contributed by atoms with van der Waals surface area (Å²) in [4.78, 5) is 17.9. The minimum absolute atomic E-state index is 0. The van der Waals surface area contributed by atoms with Crippen LogP contribution >= 0.6 is 12.4 Å². The van der Waals surface area contributed by atoms with Crippen molar-refractivity contribution in [3.63, 3.8) is 0 Å². The molecule has 3 fully saturated rings. The zero-order valence-electron chi connectivity index (χ0n) is 22.9. The van der Waals surface area contributed by atoms with E-state index in [0.29, 0.717) is 23.5 Å². The molecule has 2 bridgehead atoms. The highest BCUT2D eigenvalue weighted by molar-refractivity contribution is 5.94. The summed E-state index contributed by atoms with van der Waals surface area (Å²) in [6.07, 6.45) is 6.26. The Bertz CT molecular complexity index is 1380. The molecule has 2 aromatic rings. The highest BCUT2D eigenvalue weighted by atomic mass is 35.5. The van der Waals surface area contributed by atoms with Gasteiger partial charge < -0.3 is 19.5 Å². The van der Waals surface area contributed by atoms with E-state index in [0.717, 1.165) is 72.7 Å². The average molecular weight is 549 g/mol. The molecule has 0 radical (unpaired) electrons. The second-order valence-electron chi connectivity index (χ2n) is 12.1. The average Bonchev–Trinajstić information content (AvgIpc) is 3.67. The number of benzene rings is 2. The molecule has 5 aliphatic rings. The minimum Gasteiger partial charge on any atom is -0.508 e. The minimum atomic E-state index is -0.221. The molecular formula is C32H37ClN2O4. The first kappa shape index (κ1) is 26.3. The molecule has 5 atom stereocenters. The molecule has 0 aromatic heterocycles. The Kier molecular flexibility index (Phi) is 6.51. The van der Waals surface area contributed by atoms with Gasteiger partial charge in [0.1, 0.15) is 11.9 Å². The number of rotatable bonds is 4. The van der Waals surface area contributed by atoms with Gasteiger partial charge >= 0.3 is 0 Å². The molecule has 39 heavy (non-hydrogen) atoms. The van der Waals surface area contributed by atoms with E-state index in [1.165, 1.54) is 12.8 Å². The van der Waals surface area contributed by atoms with Gasteiger partial charge in [-0.25, -0.2) is 0 Å². The van der Waals surface area contributed by atoms with Crippen LogP contribution in [0.3, 0.4) is 0 Å². The predicted molar refractivity (Wildman–Crippen MR) is 152 cm³/mol. The van der Waals surface area contributed by atoms with Gasteiger partial charge in [0, 0.05) is 53.7 Å². The third-order valence-electron chi connectivity index (χ3n) is 10.1. The van der Waals surface area contributed by atoms with E-state index < -0.39 is 0 Å². The molecule has 1 N–H and O–H groups in total. The maximum atomic E-state index is 13.4. The van der Waals surface area contributed by atoms with Crippen LogP contribution in [0.5, 0.6) is 17.2 Å². The Labute approximate surface area is 237 Å². The van der Waals surface area contributed by atoms with Crippen molar-refractivity contribution in [1.29, 1.82) is 0 Å². The van der Waals surface area contributed by atoms with Crippen LogP contribution in [0.25, 0.3) is 0 Å². The van der Waals surface area contributed by atoms with Gasteiger partial charge in [-0.15, -0.1) is 12.4 Å². The molecule has 2 aliphatic heterocycles. The molecule has 6 nitrogen and oxygen atoms in total. The van der Waals surface area contributed by atoms with Crippen molar-refractivity contribution in [2.75, 3.05) is 27.2 Å². The Morgan fingerprint density at radius 3 is 2.82 bits per heavy atom. The SMILES string of the molecule is COc1cc(O)c2c3c1O[C@H]1[C@H](N(C)C(=O)C#Cc4cccc(C)c4)CC[C@H]4[C@@H](C2)N(CC2CC2)CC[C@@]341.Cl. The number of carbonyl (C=O) groups is 1. The van der Waals surface area contributed by atoms with Crippen LogP contribution in [-0.2, 0) is 16.6 Å². The molecule has 2 aromatic carbocycles. The van der Waals surface area contributed by atoms with Crippen LogP contribution in [0.2, 0.25) is 0 Å². The molecule has 1 saturated heterocycles. The van der Waals surface area contributed by atoms with E-state index in [-0.39, 0.29) is 35.9 Å². The van der Waals surface area contributed by atoms with Gasteiger partial charge in [-0.1, -0.05) is 18.1 Å². The van der Waals surface area contributed by atoms with Gasteiger partial charge in [0.2, 0.25) is 0 Å². The number of ether oxygens (including phenoxy) is 2. The lowest BCUT2D eigenvalue weighted by Crippen LogP contribution is -2.69. The van der Waals surface area contributed by atoms with Gasteiger partial charge in [0.25, 0.3) is 5.91 Å². The maximum Gasteiger partial charge on any atom is 0.298 e. The summed E-state index contributed by atoms with van der Waals surface area (Å²) in [5, 5.41) is 11.2. The van der Waals surface area contributed by atoms with Gasteiger partial charge in [-0.2, -0.15) is 0 Å². The largest absolute Gasteiger partial charge is 0.508 e. The number of piperidine rings is 1. The summed E-state index contributed by atoms with van der Waals surface area (Å²) >= 11 is 0. The summed E-state index contributed by atoms with van der Waals surface area (Å²) in [5.41, 5.74) is 3.93. The molecule has 2 saturated carbocycles. The first-order valence-electron chi connectivity index (χ1n) is 14.1. The summed E-state index contributed by atoms with van der Waals surface area (Å²) in [6.45, 7) is 4.23. The Hall–Kier alpha value is -2.88. The summed E-state index contributed by atoms with van der Waals surface area (Å²) < 4.78 is 12.6. The number of methoxy groups -OCH3 is 1. The molecule has 1 spiro atoms. The van der Waals surface area contributed by atoms with Crippen molar-refractivity contribution in [3.8, 4) is 29.1 Å². The number of nitrogens with zero attached hydrogens (tertiary/aromatic N) is 2. The zero-order chi connectivity index (χ0) is 26.2. The van der Waals surface area contributed by atoms with Crippen LogP contribution < -0.4 is 9.47 Å². The van der Waals surface area contributed by atoms with E-state index in [2.05, 4.69) is 16.7 Å². The van der Waals surface area contributed by atoms with Crippen molar-refractivity contribution in [2.24, 2.45) is 11.8 Å². The smallest absolute Gasteiger partial charge is 0.298 e. The van der Waals surface area contributed by atoms with Crippen molar-refractivity contribution in [2.45, 2.75) is 69.1 Å². The van der Waals surface area contributed by atoms with Gasteiger partial charge in [-0.3, -0.25) is 9.69 Å². The van der Waals surface area contributed by atoms with Crippen molar-refractivity contribution in [1.82, 2.24) is 9.80 Å². The molecule has 2 heterocycles. The number of likely N-dealkylation sites (tertiary alicyclic amines) is 1. The normalized spacial score (nSPS) is 29.7. The molecule has 7 rings (SSSR count). The second-order valence-corrected chi connectivity index (χ2v) is 12.1. The van der Waals surface area contributed by atoms with Crippen molar-refractivity contribution in [3.05, 3.63) is 52.6 Å². The fourth-order valence-electron chi connectivity index (χ4n) is 8.15. The number of carbonyl (C=O) groups excluding carboxylic acids is 1. The van der Waals surface area contributed by atoms with Gasteiger partial charge in [0.05, 0.1) is 13.2 Å².